The standard InChI is InChI=1S/C14H10BrNO2S/c15-11-5-6-19-13(11)7-16-14(17)10-8-18-12-4-2-1-3-9(10)12/h1-6,8H,7H2,(H,16,17). The minimum atomic E-state index is -0.120. The van der Waals surface area contributed by atoms with E-state index in [0.717, 1.165) is 20.3 Å². The second-order valence-corrected chi connectivity index (χ2v) is 5.87. The Morgan fingerprint density at radius 3 is 2.95 bits per heavy atom. The molecule has 96 valence electrons. The number of hydrogen-bond acceptors (Lipinski definition) is 3. The highest BCUT2D eigenvalue weighted by molar-refractivity contribution is 9.10. The highest BCUT2D eigenvalue weighted by atomic mass is 79.9. The molecule has 1 aromatic carbocycles. The molecule has 3 aromatic rings. The molecule has 0 saturated heterocycles. The maximum atomic E-state index is 12.1. The number of carbonyl (C=O) groups excluding carboxylic acids is 1. The van der Waals surface area contributed by atoms with Gasteiger partial charge in [0.15, 0.2) is 0 Å². The molecular formula is C14H10BrNO2S. The van der Waals surface area contributed by atoms with Gasteiger partial charge in [0, 0.05) is 14.7 Å². The summed E-state index contributed by atoms with van der Waals surface area (Å²) in [6.07, 6.45) is 1.50. The van der Waals surface area contributed by atoms with Crippen LogP contribution < -0.4 is 5.32 Å². The smallest absolute Gasteiger partial charge is 0.255 e. The van der Waals surface area contributed by atoms with Gasteiger partial charge < -0.3 is 9.73 Å². The zero-order chi connectivity index (χ0) is 13.2. The van der Waals surface area contributed by atoms with Crippen molar-refractivity contribution in [2.24, 2.45) is 0 Å². The largest absolute Gasteiger partial charge is 0.463 e. The monoisotopic (exact) mass is 335 g/mol. The van der Waals surface area contributed by atoms with E-state index >= 15 is 0 Å². The van der Waals surface area contributed by atoms with Gasteiger partial charge in [-0.3, -0.25) is 4.79 Å². The quantitative estimate of drug-likeness (QED) is 0.779. The minimum absolute atomic E-state index is 0.120. The van der Waals surface area contributed by atoms with E-state index in [1.807, 2.05) is 35.7 Å². The molecule has 0 fully saturated rings. The number of hydrogen-bond donors (Lipinski definition) is 1. The molecule has 1 amide bonds. The number of furan rings is 1. The Morgan fingerprint density at radius 1 is 1.32 bits per heavy atom. The third-order valence-electron chi connectivity index (χ3n) is 2.83. The van der Waals surface area contributed by atoms with Crippen LogP contribution >= 0.6 is 27.3 Å². The van der Waals surface area contributed by atoms with Crippen molar-refractivity contribution >= 4 is 44.1 Å². The fraction of sp³-hybridized carbons (Fsp3) is 0.0714. The Balaban J connectivity index is 1.79. The van der Waals surface area contributed by atoms with Crippen LogP contribution in [0, 0.1) is 0 Å². The molecule has 0 aliphatic carbocycles. The summed E-state index contributed by atoms with van der Waals surface area (Å²) in [4.78, 5) is 13.2. The molecule has 0 radical (unpaired) electrons. The first kappa shape index (κ1) is 12.4. The molecule has 2 aromatic heterocycles. The summed E-state index contributed by atoms with van der Waals surface area (Å²) < 4.78 is 6.39. The normalized spacial score (nSPS) is 10.8. The third-order valence-corrected chi connectivity index (χ3v) is 4.75. The molecule has 0 unspecified atom stereocenters. The molecule has 5 heteroatoms. The van der Waals surface area contributed by atoms with Crippen molar-refractivity contribution in [2.45, 2.75) is 6.54 Å². The van der Waals surface area contributed by atoms with Crippen LogP contribution in [0.5, 0.6) is 0 Å². The van der Waals surface area contributed by atoms with E-state index in [-0.39, 0.29) is 5.91 Å². The van der Waals surface area contributed by atoms with Crippen molar-refractivity contribution in [1.82, 2.24) is 5.32 Å². The van der Waals surface area contributed by atoms with E-state index in [4.69, 9.17) is 4.42 Å². The lowest BCUT2D eigenvalue weighted by atomic mass is 10.1. The zero-order valence-electron chi connectivity index (χ0n) is 9.85. The van der Waals surface area contributed by atoms with Gasteiger partial charge in [-0.25, -0.2) is 0 Å². The van der Waals surface area contributed by atoms with Crippen LogP contribution in [-0.2, 0) is 6.54 Å². The second kappa shape index (κ2) is 5.19. The van der Waals surface area contributed by atoms with Crippen molar-refractivity contribution in [3.8, 4) is 0 Å². The van der Waals surface area contributed by atoms with Gasteiger partial charge in [-0.05, 0) is 33.4 Å². The molecule has 2 heterocycles. The molecule has 0 saturated carbocycles. The van der Waals surface area contributed by atoms with Crippen molar-refractivity contribution in [2.75, 3.05) is 0 Å². The summed E-state index contributed by atoms with van der Waals surface area (Å²) in [7, 11) is 0. The number of para-hydroxylation sites is 1. The molecule has 0 aliphatic rings. The Bertz CT molecular complexity index is 732. The van der Waals surface area contributed by atoms with Gasteiger partial charge in [-0.2, -0.15) is 0 Å². The van der Waals surface area contributed by atoms with Crippen LogP contribution in [0.1, 0.15) is 15.2 Å². The molecule has 0 spiro atoms. The molecule has 3 nitrogen and oxygen atoms in total. The Kier molecular flexibility index (Phi) is 3.40. The molecule has 0 aliphatic heterocycles. The van der Waals surface area contributed by atoms with Crippen molar-refractivity contribution in [3.05, 3.63) is 56.9 Å². The second-order valence-electron chi connectivity index (χ2n) is 4.02. The maximum Gasteiger partial charge on any atom is 0.255 e. The lowest BCUT2D eigenvalue weighted by molar-refractivity contribution is 0.0952. The molecule has 3 rings (SSSR count). The number of carbonyl (C=O) groups is 1. The number of thiophene rings is 1. The molecule has 19 heavy (non-hydrogen) atoms. The van der Waals surface area contributed by atoms with Crippen LogP contribution in [0.3, 0.4) is 0 Å². The first-order valence-electron chi connectivity index (χ1n) is 5.72. The first-order valence-corrected chi connectivity index (χ1v) is 7.39. The summed E-state index contributed by atoms with van der Waals surface area (Å²) in [5.41, 5.74) is 1.30. The minimum Gasteiger partial charge on any atom is -0.463 e. The van der Waals surface area contributed by atoms with Gasteiger partial charge in [0.25, 0.3) is 5.91 Å². The van der Waals surface area contributed by atoms with Crippen LogP contribution in [0.25, 0.3) is 11.0 Å². The number of fused-ring (bicyclic) bond motifs is 1. The fourth-order valence-electron chi connectivity index (χ4n) is 1.86. The van der Waals surface area contributed by atoms with Gasteiger partial charge in [-0.1, -0.05) is 18.2 Å². The predicted octanol–water partition coefficient (Wildman–Crippen LogP) is 4.19. The lowest BCUT2D eigenvalue weighted by Crippen LogP contribution is -2.22. The summed E-state index contributed by atoms with van der Waals surface area (Å²) in [5, 5.41) is 5.73. The van der Waals surface area contributed by atoms with Gasteiger partial charge in [0.1, 0.15) is 11.8 Å². The van der Waals surface area contributed by atoms with E-state index in [1.165, 1.54) is 6.26 Å². The topological polar surface area (TPSA) is 42.2 Å². The first-order chi connectivity index (χ1) is 9.25. The van der Waals surface area contributed by atoms with Gasteiger partial charge >= 0.3 is 0 Å². The van der Waals surface area contributed by atoms with E-state index in [0.29, 0.717) is 12.1 Å². The fourth-order valence-corrected chi connectivity index (χ4v) is 3.29. The van der Waals surface area contributed by atoms with Crippen LogP contribution in [0.4, 0.5) is 0 Å². The zero-order valence-corrected chi connectivity index (χ0v) is 12.3. The number of amides is 1. The number of nitrogens with one attached hydrogen (secondary N) is 1. The van der Waals surface area contributed by atoms with Gasteiger partial charge in [0.05, 0.1) is 12.1 Å². The summed E-state index contributed by atoms with van der Waals surface area (Å²) >= 11 is 5.05. The summed E-state index contributed by atoms with van der Waals surface area (Å²) in [5.74, 6) is -0.120. The van der Waals surface area contributed by atoms with Crippen molar-refractivity contribution in [3.63, 3.8) is 0 Å². The summed E-state index contributed by atoms with van der Waals surface area (Å²) in [6, 6.07) is 9.48. The molecule has 1 N–H and O–H groups in total. The Morgan fingerprint density at radius 2 is 2.16 bits per heavy atom. The average Bonchev–Trinajstić information content (AvgIpc) is 3.02. The Hall–Kier alpha value is -1.59. The maximum absolute atomic E-state index is 12.1. The number of benzene rings is 1. The van der Waals surface area contributed by atoms with E-state index in [2.05, 4.69) is 21.2 Å². The predicted molar refractivity (Wildman–Crippen MR) is 79.4 cm³/mol. The third kappa shape index (κ3) is 2.43. The van der Waals surface area contributed by atoms with E-state index in [9.17, 15) is 4.79 Å². The van der Waals surface area contributed by atoms with Crippen molar-refractivity contribution < 1.29 is 9.21 Å². The highest BCUT2D eigenvalue weighted by Gasteiger charge is 2.13. The van der Waals surface area contributed by atoms with Gasteiger partial charge in [0.2, 0.25) is 0 Å². The van der Waals surface area contributed by atoms with Crippen LogP contribution in [0.15, 0.2) is 50.9 Å². The SMILES string of the molecule is O=C(NCc1sccc1Br)c1coc2ccccc12. The van der Waals surface area contributed by atoms with E-state index in [1.54, 1.807) is 11.3 Å². The molecule has 0 atom stereocenters. The number of rotatable bonds is 3. The van der Waals surface area contributed by atoms with Crippen LogP contribution in [-0.4, -0.2) is 5.91 Å². The molecular weight excluding hydrogens is 326 g/mol. The van der Waals surface area contributed by atoms with E-state index < -0.39 is 0 Å². The molecule has 0 bridgehead atoms. The van der Waals surface area contributed by atoms with Crippen molar-refractivity contribution in [1.29, 1.82) is 0 Å². The Labute approximate surface area is 122 Å². The average molecular weight is 336 g/mol. The number of halogens is 1. The van der Waals surface area contributed by atoms with Crippen LogP contribution in [0.2, 0.25) is 0 Å². The lowest BCUT2D eigenvalue weighted by Gasteiger charge is -2.02. The van der Waals surface area contributed by atoms with Gasteiger partial charge in [-0.15, -0.1) is 11.3 Å². The summed E-state index contributed by atoms with van der Waals surface area (Å²) in [6.45, 7) is 0.511. The highest BCUT2D eigenvalue weighted by Crippen LogP contribution is 2.23.